The van der Waals surface area contributed by atoms with Crippen molar-refractivity contribution < 1.29 is 73.2 Å². The summed E-state index contributed by atoms with van der Waals surface area (Å²) in [5.41, 5.74) is -0.0739. The van der Waals surface area contributed by atoms with E-state index in [-0.39, 0.29) is 136 Å². The number of carbonyl (C=O) groups excluding carboxylic acids is 7. The maximum atomic E-state index is 14.5. The molecule has 0 aromatic heterocycles. The second-order valence-corrected chi connectivity index (χ2v) is 48.3. The molecule has 4 heterocycles. The zero-order valence-electron chi connectivity index (χ0n) is 85.5. The Morgan fingerprint density at radius 3 is 1.09 bits per heavy atom. The van der Waals surface area contributed by atoms with E-state index >= 15 is 0 Å². The molecule has 26 heteroatoms. The third-order valence-electron chi connectivity index (χ3n) is 26.8. The topological polar surface area (TPSA) is 341 Å². The SMILES string of the molecule is CC(C)CC(/C=C\CC(=O)CC1CC(C)(C)N([OH2+])C(C)(C)C1)NC(=O)OCc1ccccc1.CC(C)CC(/C=C\CC(=O)CC1CC(C)(C)N([OH2+])C(C)(C)C1)NP(=O)(c1ccccc1)c1ccccc1.CC(C)CC(NC(=O)OC(C)(C)C)C1CC1CC(=O)NC1CC(C)N([OH2+])C(C)(C)C1.CC(C)CC(NC(=O)OCc1ccccc1)C1CC1CC(=O)NC1CC(C)N([OH2+])C(C)(C)C1. The predicted octanol–water partition coefficient (Wildman–Crippen LogP) is 18.0. The molecule has 12 unspecified atom stereocenters. The molecule has 5 amide bonds. The molecule has 2 saturated carbocycles. The first-order valence-corrected chi connectivity index (χ1v) is 51.1. The van der Waals surface area contributed by atoms with Gasteiger partial charge in [-0.2, -0.15) is 0 Å². The van der Waals surface area contributed by atoms with Gasteiger partial charge in [0, 0.05) is 79.3 Å². The van der Waals surface area contributed by atoms with E-state index in [9.17, 15) is 38.1 Å². The molecule has 25 nitrogen and oxygen atoms in total. The number of benzene rings is 4. The molecule has 744 valence electrons. The Balaban J connectivity index is 0.000000243. The molecule has 4 aromatic carbocycles. The summed E-state index contributed by atoms with van der Waals surface area (Å²) in [4.78, 5) is 88.0. The van der Waals surface area contributed by atoms with Crippen LogP contribution in [0.2, 0.25) is 0 Å². The van der Waals surface area contributed by atoms with Crippen molar-refractivity contribution >= 4 is 59.6 Å². The number of hydrogen-bond acceptors (Lipinski definition) is 15. The van der Waals surface area contributed by atoms with Crippen molar-refractivity contribution in [2.24, 2.45) is 59.2 Å². The van der Waals surface area contributed by atoms with Gasteiger partial charge in [0.1, 0.15) is 30.4 Å². The van der Waals surface area contributed by atoms with Crippen molar-refractivity contribution in [2.75, 3.05) is 0 Å². The summed E-state index contributed by atoms with van der Waals surface area (Å²) in [5.74, 6) is 4.12. The Morgan fingerprint density at radius 2 is 0.752 bits per heavy atom. The molecule has 14 N–H and O–H groups in total. The van der Waals surface area contributed by atoms with Crippen LogP contribution < -0.4 is 42.3 Å². The van der Waals surface area contributed by atoms with Gasteiger partial charge < -0.3 is 61.6 Å². The standard InChI is InChI=1S/C31H45N2O3P.C27H42N2O4.C26H41N3O4.C23H43N3O4/c1-24(2)20-26(32-37(36,28-16-9-7-10-17-28)29-18-11-8-12-19-29)14-13-15-27(34)21-25-22-30(3,4)33(35)31(5,6)23-25;1-20(2)15-23(28-25(31)33-19-21-11-8-7-9-12-21)13-10-14-24(30)16-22-17-26(3,4)29(32)27(5,6)18-22;1-17(2)11-23(28-25(31)33-16-19-9-7-6-8-10-19)22-13-20(22)14-24(30)27-21-12-18(3)29(32)26(4,5)15-21;1-14(2)9-19(25-21(28)30-22(4,5)6)18-11-16(18)12-20(27)24-17-10-15(3)26(29)23(7,8)13-17/h7-14,16-19,24-26,35H,15,20-23H2,1-6H3,(H,32,36);7-13,20,22-23,32H,14-19H2,1-6H3,(H,28,31);6-10,17-18,20-23,32H,11-16H2,1-5H3,(H,27,30)(H,28,31);14-19,29H,9-13H2,1-8H3,(H,24,27)(H,25,28)/p+4/b14-13-;13-10-;;. The van der Waals surface area contributed by atoms with E-state index in [1.807, 2.05) is 180 Å². The number of allylic oxidation sites excluding steroid dienone is 2. The molecule has 0 spiro atoms. The van der Waals surface area contributed by atoms with E-state index in [1.54, 1.807) is 20.3 Å². The van der Waals surface area contributed by atoms with Crippen LogP contribution in [-0.2, 0) is 51.2 Å². The number of nitrogens with one attached hydrogen (secondary N) is 6. The molecule has 12 atom stereocenters. The summed E-state index contributed by atoms with van der Waals surface area (Å²) >= 11 is 0. The summed E-state index contributed by atoms with van der Waals surface area (Å²) in [5, 5.41) is 60.5. The Bertz CT molecular complexity index is 4320. The molecular formula is C107H175N10O15P+4. The first-order valence-electron chi connectivity index (χ1n) is 49.4. The highest BCUT2D eigenvalue weighted by Gasteiger charge is 2.52. The Kier molecular flexibility index (Phi) is 42.3. The van der Waals surface area contributed by atoms with Crippen LogP contribution in [0.1, 0.15) is 313 Å². The Labute approximate surface area is 798 Å². The van der Waals surface area contributed by atoms with Crippen molar-refractivity contribution in [3.63, 3.8) is 0 Å². The van der Waals surface area contributed by atoms with E-state index in [4.69, 9.17) is 35.0 Å². The first kappa shape index (κ1) is 112. The van der Waals surface area contributed by atoms with Gasteiger partial charge in [0.05, 0.1) is 51.4 Å². The lowest BCUT2D eigenvalue weighted by Gasteiger charge is -2.47. The van der Waals surface area contributed by atoms with Crippen molar-refractivity contribution in [1.29, 1.82) is 0 Å². The largest absolute Gasteiger partial charge is 0.445 e. The van der Waals surface area contributed by atoms with Gasteiger partial charge in [-0.05, 0) is 302 Å². The van der Waals surface area contributed by atoms with Crippen molar-refractivity contribution in [2.45, 2.75) is 402 Å². The maximum absolute atomic E-state index is 14.5. The van der Waals surface area contributed by atoms with Crippen LogP contribution in [0.4, 0.5) is 14.4 Å². The molecule has 2 aliphatic carbocycles. The van der Waals surface area contributed by atoms with Gasteiger partial charge in [0.2, 0.25) is 19.1 Å². The fraction of sp³-hybridized carbons (Fsp3) is 0.673. The highest BCUT2D eigenvalue weighted by atomic mass is 31.2. The van der Waals surface area contributed by atoms with Crippen LogP contribution in [-0.4, -0.2) is 170 Å². The minimum atomic E-state index is -3.07. The molecule has 0 bridgehead atoms. The zero-order valence-corrected chi connectivity index (χ0v) is 86.4. The number of amides is 5. The Hall–Kier alpha value is -7.68. The van der Waals surface area contributed by atoms with Crippen LogP contribution in [0.15, 0.2) is 146 Å². The van der Waals surface area contributed by atoms with Crippen molar-refractivity contribution in [3.05, 3.63) is 157 Å². The number of carbonyl (C=O) groups is 7. The van der Waals surface area contributed by atoms with Gasteiger partial charge in [-0.25, -0.2) is 14.4 Å². The number of alkyl carbamates (subject to hydrolysis) is 3. The van der Waals surface area contributed by atoms with Gasteiger partial charge in [0.15, 0.2) is 0 Å². The second-order valence-electron chi connectivity index (χ2n) is 45.8. The normalized spacial score (nSPS) is 23.8. The quantitative estimate of drug-likeness (QED) is 0.0106. The summed E-state index contributed by atoms with van der Waals surface area (Å²) in [6, 6.07) is 38.7. The number of nitrogens with zero attached hydrogens (tertiary/aromatic N) is 4. The monoisotopic (exact) mass is 1870 g/mol. The number of ether oxygens (including phenoxy) is 3. The zero-order chi connectivity index (χ0) is 98.9. The molecule has 0 radical (unpaired) electrons. The molecule has 4 aromatic rings. The summed E-state index contributed by atoms with van der Waals surface area (Å²) < 4.78 is 30.7. The van der Waals surface area contributed by atoms with Crippen LogP contribution in [0.5, 0.6) is 0 Å². The first-order chi connectivity index (χ1) is 61.9. The van der Waals surface area contributed by atoms with Gasteiger partial charge in [0.25, 0.3) is 0 Å². The smallest absolute Gasteiger partial charge is 0.407 e. The highest BCUT2D eigenvalue weighted by molar-refractivity contribution is 7.77. The minimum absolute atomic E-state index is 0.0246. The lowest BCUT2D eigenvalue weighted by Crippen LogP contribution is -2.59. The second kappa shape index (κ2) is 50.1. The van der Waals surface area contributed by atoms with Gasteiger partial charge >= 0.3 is 18.3 Å². The summed E-state index contributed by atoms with van der Waals surface area (Å²) in [6.45, 7) is 52.2. The number of ketones is 2. The number of hydroxylamine groups is 8. The average Bonchev–Trinajstić information content (AvgIpc) is 1.59. The maximum Gasteiger partial charge on any atom is 0.407 e. The van der Waals surface area contributed by atoms with Crippen LogP contribution in [0.25, 0.3) is 0 Å². The van der Waals surface area contributed by atoms with Crippen molar-refractivity contribution in [1.82, 2.24) is 51.9 Å². The molecule has 6 fully saturated rings. The van der Waals surface area contributed by atoms with E-state index in [0.29, 0.717) is 85.9 Å². The number of hydrogen-bond donors (Lipinski definition) is 6. The van der Waals surface area contributed by atoms with E-state index in [1.165, 1.54) is 0 Å². The fourth-order valence-corrected chi connectivity index (χ4v) is 23.5. The number of rotatable bonds is 37. The summed E-state index contributed by atoms with van der Waals surface area (Å²) in [6.07, 6.45) is 21.2. The lowest BCUT2D eigenvalue weighted by atomic mass is 9.73. The van der Waals surface area contributed by atoms with Gasteiger partial charge in [-0.1, -0.05) is 197 Å². The van der Waals surface area contributed by atoms with Gasteiger partial charge in [-0.3, -0.25) is 28.8 Å². The van der Waals surface area contributed by atoms with Crippen molar-refractivity contribution in [3.8, 4) is 0 Å². The number of Topliss-reactive ketones (excluding diaryl/α,β-unsaturated/α-hetero) is 2. The average molecular weight is 1870 g/mol. The molecule has 6 aliphatic rings. The molecule has 4 aliphatic heterocycles. The van der Waals surface area contributed by atoms with Crippen LogP contribution in [0.3, 0.4) is 0 Å². The van der Waals surface area contributed by atoms with E-state index in [2.05, 4.69) is 170 Å². The van der Waals surface area contributed by atoms with Crippen LogP contribution >= 0.6 is 7.29 Å². The molecule has 10 rings (SSSR count). The predicted molar refractivity (Wildman–Crippen MR) is 537 cm³/mol. The molecule has 4 saturated heterocycles. The van der Waals surface area contributed by atoms with Crippen LogP contribution in [0, 0.1) is 59.2 Å². The minimum Gasteiger partial charge on any atom is -0.445 e. The Morgan fingerprint density at radius 1 is 0.429 bits per heavy atom. The summed E-state index contributed by atoms with van der Waals surface area (Å²) in [7, 11) is -3.07. The third kappa shape index (κ3) is 37.6. The highest BCUT2D eigenvalue weighted by Crippen LogP contribution is 2.49. The van der Waals surface area contributed by atoms with E-state index in [0.717, 1.165) is 112 Å². The molecular weight excluding hydrogens is 1700 g/mol. The third-order valence-corrected chi connectivity index (χ3v) is 29.5. The van der Waals surface area contributed by atoms with Gasteiger partial charge in [-0.15, -0.1) is 0 Å². The number of piperidine rings is 4. The van der Waals surface area contributed by atoms with E-state index < -0.39 is 25.1 Å². The molecule has 133 heavy (non-hydrogen) atoms. The fourth-order valence-electron chi connectivity index (χ4n) is 21.0. The lowest BCUT2D eigenvalue weighted by molar-refractivity contribution is -0.251.